The van der Waals surface area contributed by atoms with Gasteiger partial charge in [0, 0.05) is 7.05 Å². The first-order valence-electron chi connectivity index (χ1n) is 1.57. The van der Waals surface area contributed by atoms with Gasteiger partial charge in [-0.05, 0) is 6.92 Å². The van der Waals surface area contributed by atoms with Crippen molar-refractivity contribution in [2.75, 3.05) is 7.05 Å². The van der Waals surface area contributed by atoms with Gasteiger partial charge in [-0.15, -0.1) is 0 Å². The zero-order valence-electron chi connectivity index (χ0n) is 4.51. The van der Waals surface area contributed by atoms with E-state index in [2.05, 4.69) is 12.2 Å². The van der Waals surface area contributed by atoms with Crippen molar-refractivity contribution in [3.05, 3.63) is 0 Å². The summed E-state index contributed by atoms with van der Waals surface area (Å²) in [6, 6.07) is 0. The van der Waals surface area contributed by atoms with Crippen LogP contribution in [0.3, 0.4) is 0 Å². The molecule has 0 aromatic carbocycles. The number of hydrogen-bond donors (Lipinski definition) is 1. The molecule has 4 heteroatoms. The van der Waals surface area contributed by atoms with Crippen LogP contribution in [-0.4, -0.2) is 22.3 Å². The molecular weight excluding hydrogens is 163 g/mol. The fourth-order valence-electron chi connectivity index (χ4n) is 0. The van der Waals surface area contributed by atoms with Gasteiger partial charge in [-0.3, -0.25) is 10.3 Å². The van der Waals surface area contributed by atoms with Crippen molar-refractivity contribution >= 4 is 17.2 Å². The molecule has 0 aromatic heterocycles. The SMILES string of the molecule is CC(=S)N(C)O.[Zn+2]. The zero-order valence-corrected chi connectivity index (χ0v) is 8.29. The van der Waals surface area contributed by atoms with Crippen LogP contribution in [0.1, 0.15) is 6.92 Å². The Morgan fingerprint density at radius 1 is 1.71 bits per heavy atom. The minimum absolute atomic E-state index is 0. The Kier molecular flexibility index (Phi) is 6.91. The molecule has 36 valence electrons. The van der Waals surface area contributed by atoms with Gasteiger partial charge in [0.2, 0.25) is 0 Å². The Morgan fingerprint density at radius 3 is 1.86 bits per heavy atom. The van der Waals surface area contributed by atoms with Crippen LogP contribution >= 0.6 is 12.2 Å². The van der Waals surface area contributed by atoms with Crippen molar-refractivity contribution in [3.8, 4) is 0 Å². The van der Waals surface area contributed by atoms with Gasteiger partial charge in [0.15, 0.2) is 0 Å². The fourth-order valence-corrected chi connectivity index (χ4v) is 0. The topological polar surface area (TPSA) is 23.5 Å². The van der Waals surface area contributed by atoms with E-state index in [0.29, 0.717) is 4.99 Å². The summed E-state index contributed by atoms with van der Waals surface area (Å²) in [4.78, 5) is 0.481. The van der Waals surface area contributed by atoms with Crippen LogP contribution in [0.2, 0.25) is 0 Å². The Balaban J connectivity index is 0. The van der Waals surface area contributed by atoms with Gasteiger partial charge in [0.1, 0.15) is 0 Å². The maximum Gasteiger partial charge on any atom is 2.00 e. The molecule has 0 rings (SSSR count). The van der Waals surface area contributed by atoms with Crippen LogP contribution in [0, 0.1) is 0 Å². The quantitative estimate of drug-likeness (QED) is 0.328. The minimum Gasteiger partial charge on any atom is -0.288 e. The Morgan fingerprint density at radius 2 is 1.86 bits per heavy atom. The Bertz CT molecular complexity index is 66.0. The first kappa shape index (κ1) is 10.5. The average molecular weight is 171 g/mol. The third-order valence-electron chi connectivity index (χ3n) is 0.456. The Hall–Kier alpha value is 0.473. The summed E-state index contributed by atoms with van der Waals surface area (Å²) in [7, 11) is 1.49. The molecule has 0 unspecified atom stereocenters. The monoisotopic (exact) mass is 169 g/mol. The minimum atomic E-state index is 0. The second-order valence-electron chi connectivity index (χ2n) is 1.04. The largest absolute Gasteiger partial charge is 2.00 e. The van der Waals surface area contributed by atoms with Gasteiger partial charge in [-0.1, -0.05) is 12.2 Å². The molecule has 0 atom stereocenters. The third kappa shape index (κ3) is 6.47. The number of thiocarbonyl (C=S) groups is 1. The van der Waals surface area contributed by atoms with E-state index >= 15 is 0 Å². The predicted octanol–water partition coefficient (Wildman–Crippen LogP) is 0.652. The van der Waals surface area contributed by atoms with Crippen LogP contribution in [0.25, 0.3) is 0 Å². The van der Waals surface area contributed by atoms with Gasteiger partial charge in [-0.2, -0.15) is 0 Å². The van der Waals surface area contributed by atoms with Crippen molar-refractivity contribution in [3.63, 3.8) is 0 Å². The summed E-state index contributed by atoms with van der Waals surface area (Å²) < 4.78 is 0. The van der Waals surface area contributed by atoms with Crippen LogP contribution in [0.5, 0.6) is 0 Å². The molecule has 1 N–H and O–H groups in total. The van der Waals surface area contributed by atoms with E-state index in [1.165, 1.54) is 7.05 Å². The maximum atomic E-state index is 8.32. The molecule has 0 saturated carbocycles. The molecule has 0 fully saturated rings. The van der Waals surface area contributed by atoms with E-state index in [0.717, 1.165) is 5.06 Å². The van der Waals surface area contributed by atoms with Gasteiger partial charge < -0.3 is 0 Å². The second kappa shape index (κ2) is 4.63. The average Bonchev–Trinajstić information content (AvgIpc) is 1.36. The summed E-state index contributed by atoms with van der Waals surface area (Å²) >= 11 is 4.50. The molecule has 0 aliphatic heterocycles. The number of nitrogens with zero attached hydrogens (tertiary/aromatic N) is 1. The number of hydroxylamine groups is 2. The van der Waals surface area contributed by atoms with E-state index in [4.69, 9.17) is 5.21 Å². The Labute approximate surface area is 61.2 Å². The normalized spacial score (nSPS) is 6.71. The number of hydrogen-bond acceptors (Lipinski definition) is 2. The first-order valence-corrected chi connectivity index (χ1v) is 1.98. The molecule has 0 heterocycles. The zero-order chi connectivity index (χ0) is 5.15. The molecule has 0 spiro atoms. The van der Waals surface area contributed by atoms with Crippen molar-refractivity contribution in [1.82, 2.24) is 5.06 Å². The van der Waals surface area contributed by atoms with Crippen LogP contribution in [0.4, 0.5) is 0 Å². The number of rotatable bonds is 0. The molecule has 0 saturated heterocycles. The molecule has 0 radical (unpaired) electrons. The predicted molar refractivity (Wildman–Crippen MR) is 27.8 cm³/mol. The van der Waals surface area contributed by atoms with Crippen molar-refractivity contribution in [1.29, 1.82) is 0 Å². The molecule has 0 bridgehead atoms. The molecular formula is C3H7NOSZn+2. The summed E-state index contributed by atoms with van der Waals surface area (Å²) in [6.45, 7) is 1.65. The van der Waals surface area contributed by atoms with Crippen molar-refractivity contribution < 1.29 is 24.7 Å². The molecule has 0 aliphatic rings. The van der Waals surface area contributed by atoms with Crippen molar-refractivity contribution in [2.24, 2.45) is 0 Å². The van der Waals surface area contributed by atoms with Gasteiger partial charge in [0.25, 0.3) is 0 Å². The van der Waals surface area contributed by atoms with E-state index < -0.39 is 0 Å². The summed E-state index contributed by atoms with van der Waals surface area (Å²) in [6.07, 6.45) is 0. The standard InChI is InChI=1S/C3H7NOS.Zn/c1-3(6)4(2)5;/h5H,1-2H3;/q;+2. The van der Waals surface area contributed by atoms with Gasteiger partial charge in [0.05, 0.1) is 4.99 Å². The third-order valence-corrected chi connectivity index (χ3v) is 0.720. The molecule has 0 aliphatic carbocycles. The van der Waals surface area contributed by atoms with Crippen molar-refractivity contribution in [2.45, 2.75) is 6.92 Å². The van der Waals surface area contributed by atoms with Crippen LogP contribution < -0.4 is 0 Å². The smallest absolute Gasteiger partial charge is 0.288 e. The maximum absolute atomic E-state index is 8.32. The molecule has 2 nitrogen and oxygen atoms in total. The second-order valence-corrected chi connectivity index (χ2v) is 1.63. The van der Waals surface area contributed by atoms with E-state index in [1.54, 1.807) is 6.92 Å². The fraction of sp³-hybridized carbons (Fsp3) is 0.667. The summed E-state index contributed by atoms with van der Waals surface area (Å²) in [5.41, 5.74) is 0. The van der Waals surface area contributed by atoms with Crippen LogP contribution in [-0.2, 0) is 19.5 Å². The van der Waals surface area contributed by atoms with Gasteiger partial charge >= 0.3 is 19.5 Å². The first-order chi connectivity index (χ1) is 2.64. The molecule has 0 aromatic rings. The summed E-state index contributed by atoms with van der Waals surface area (Å²) in [5.74, 6) is 0. The van der Waals surface area contributed by atoms with E-state index in [-0.39, 0.29) is 19.5 Å². The van der Waals surface area contributed by atoms with E-state index in [9.17, 15) is 0 Å². The van der Waals surface area contributed by atoms with Gasteiger partial charge in [-0.25, -0.2) is 0 Å². The van der Waals surface area contributed by atoms with E-state index in [1.807, 2.05) is 0 Å². The molecule has 0 amide bonds. The summed E-state index contributed by atoms with van der Waals surface area (Å²) in [5, 5.41) is 9.22. The van der Waals surface area contributed by atoms with Crippen LogP contribution in [0.15, 0.2) is 0 Å². The molecule has 7 heavy (non-hydrogen) atoms.